The maximum atomic E-state index is 13.2. The van der Waals surface area contributed by atoms with Gasteiger partial charge in [0.25, 0.3) is 10.0 Å². The summed E-state index contributed by atoms with van der Waals surface area (Å²) in [7, 11) is -3.86. The van der Waals surface area contributed by atoms with E-state index >= 15 is 0 Å². The fourth-order valence-corrected chi connectivity index (χ4v) is 3.13. The summed E-state index contributed by atoms with van der Waals surface area (Å²) in [6.07, 6.45) is 2.94. The van der Waals surface area contributed by atoms with Gasteiger partial charge in [0.15, 0.2) is 5.03 Å². The molecule has 20 heavy (non-hydrogen) atoms. The van der Waals surface area contributed by atoms with Gasteiger partial charge in [-0.25, -0.2) is 27.3 Å². The van der Waals surface area contributed by atoms with Gasteiger partial charge in [-0.3, -0.25) is 0 Å². The Morgan fingerprint density at radius 2 is 2.25 bits per heavy atom. The van der Waals surface area contributed by atoms with Gasteiger partial charge in [0, 0.05) is 32.0 Å². The number of halogens is 2. The predicted molar refractivity (Wildman–Crippen MR) is 69.9 cm³/mol. The van der Waals surface area contributed by atoms with Crippen LogP contribution in [-0.2, 0) is 23.0 Å². The van der Waals surface area contributed by atoms with Crippen molar-refractivity contribution < 1.29 is 17.2 Å². The van der Waals surface area contributed by atoms with Crippen molar-refractivity contribution in [1.29, 1.82) is 0 Å². The molecule has 1 atom stereocenters. The lowest BCUT2D eigenvalue weighted by molar-refractivity contribution is 0.00432. The number of rotatable bonds is 5. The highest BCUT2D eigenvalue weighted by Crippen LogP contribution is 2.39. The van der Waals surface area contributed by atoms with E-state index in [1.807, 2.05) is 6.92 Å². The van der Waals surface area contributed by atoms with Gasteiger partial charge in [0.1, 0.15) is 5.82 Å². The molecule has 114 valence electrons. The first-order chi connectivity index (χ1) is 9.21. The number of nitrogens with two attached hydrogens (primary N) is 1. The van der Waals surface area contributed by atoms with Crippen molar-refractivity contribution in [3.63, 3.8) is 0 Å². The third kappa shape index (κ3) is 3.54. The molecule has 5 nitrogen and oxygen atoms in total. The van der Waals surface area contributed by atoms with Crippen molar-refractivity contribution in [1.82, 2.24) is 9.55 Å². The highest BCUT2D eigenvalue weighted by Gasteiger charge is 2.39. The molecule has 1 fully saturated rings. The van der Waals surface area contributed by atoms with Crippen molar-refractivity contribution >= 4 is 10.0 Å². The Hall–Kier alpha value is -1.02. The normalized spacial score (nSPS) is 22.3. The lowest BCUT2D eigenvalue weighted by Gasteiger charge is -2.13. The van der Waals surface area contributed by atoms with E-state index in [0.717, 1.165) is 6.42 Å². The van der Waals surface area contributed by atoms with Crippen LogP contribution in [0.2, 0.25) is 0 Å². The fourth-order valence-electron chi connectivity index (χ4n) is 2.62. The molecule has 0 amide bonds. The Balaban J connectivity index is 2.20. The van der Waals surface area contributed by atoms with Crippen LogP contribution in [0, 0.1) is 5.92 Å². The zero-order valence-corrected chi connectivity index (χ0v) is 12.2. The van der Waals surface area contributed by atoms with Crippen molar-refractivity contribution in [2.24, 2.45) is 11.1 Å². The molecule has 1 unspecified atom stereocenters. The molecule has 0 bridgehead atoms. The van der Waals surface area contributed by atoms with E-state index in [1.165, 1.54) is 6.20 Å². The number of imidazole rings is 1. The molecule has 0 saturated heterocycles. The minimum atomic E-state index is -3.86. The number of aromatic nitrogens is 2. The molecule has 0 spiro atoms. The van der Waals surface area contributed by atoms with E-state index in [4.69, 9.17) is 5.14 Å². The Kier molecular flexibility index (Phi) is 4.15. The van der Waals surface area contributed by atoms with Gasteiger partial charge < -0.3 is 4.57 Å². The van der Waals surface area contributed by atoms with Crippen molar-refractivity contribution in [2.45, 2.75) is 56.5 Å². The largest absolute Gasteiger partial charge is 0.333 e. The first kappa shape index (κ1) is 15.4. The Morgan fingerprint density at radius 3 is 2.75 bits per heavy atom. The molecule has 1 heterocycles. The number of alkyl halides is 2. The summed E-state index contributed by atoms with van der Waals surface area (Å²) in [6, 6.07) is 0. The van der Waals surface area contributed by atoms with E-state index in [9.17, 15) is 17.2 Å². The molecule has 0 radical (unpaired) electrons. The fraction of sp³-hybridized carbons (Fsp3) is 0.750. The van der Waals surface area contributed by atoms with Crippen LogP contribution in [0.1, 0.15) is 38.4 Å². The molecule has 1 aromatic heterocycles. The van der Waals surface area contributed by atoms with Crippen molar-refractivity contribution in [2.75, 3.05) is 0 Å². The smallest absolute Gasteiger partial charge is 0.257 e. The zero-order chi connectivity index (χ0) is 15.0. The molecule has 1 aliphatic carbocycles. The molecule has 0 aromatic carbocycles. The molecule has 2 rings (SSSR count). The maximum Gasteiger partial charge on any atom is 0.257 e. The van der Waals surface area contributed by atoms with Crippen LogP contribution in [0.3, 0.4) is 0 Å². The molecule has 1 saturated carbocycles. The summed E-state index contributed by atoms with van der Waals surface area (Å²) in [5.41, 5.74) is 0. The second kappa shape index (κ2) is 5.40. The van der Waals surface area contributed by atoms with Gasteiger partial charge >= 0.3 is 0 Å². The zero-order valence-electron chi connectivity index (χ0n) is 11.3. The van der Waals surface area contributed by atoms with Crippen LogP contribution in [0.25, 0.3) is 0 Å². The topological polar surface area (TPSA) is 78.0 Å². The second-order valence-corrected chi connectivity index (χ2v) is 6.92. The van der Waals surface area contributed by atoms with E-state index in [2.05, 4.69) is 4.98 Å². The number of aryl methyl sites for hydroxylation is 1. The standard InChI is InChI=1S/C12H19F2N3O2S/c1-2-3-10-16-11(20(15,18)19)8-17(10)7-9-4-5-12(13,14)6-9/h8-9H,2-7H2,1H3,(H2,15,18,19). The highest BCUT2D eigenvalue weighted by molar-refractivity contribution is 7.89. The third-order valence-electron chi connectivity index (χ3n) is 3.56. The summed E-state index contributed by atoms with van der Waals surface area (Å²) in [5.74, 6) is -2.16. The van der Waals surface area contributed by atoms with Gasteiger partial charge in [-0.2, -0.15) is 0 Å². The Bertz CT molecular complexity index is 584. The minimum Gasteiger partial charge on any atom is -0.333 e. The molecular formula is C12H19F2N3O2S. The van der Waals surface area contributed by atoms with E-state index in [0.29, 0.717) is 25.2 Å². The molecule has 1 aliphatic rings. The highest BCUT2D eigenvalue weighted by atomic mass is 32.2. The Labute approximate surface area is 117 Å². The Morgan fingerprint density at radius 1 is 1.55 bits per heavy atom. The van der Waals surface area contributed by atoms with Gasteiger partial charge in [-0.1, -0.05) is 6.92 Å². The second-order valence-electron chi connectivity index (χ2n) is 5.41. The monoisotopic (exact) mass is 307 g/mol. The van der Waals surface area contributed by atoms with Gasteiger partial charge in [0.05, 0.1) is 0 Å². The maximum absolute atomic E-state index is 13.2. The molecule has 1 aromatic rings. The van der Waals surface area contributed by atoms with E-state index in [1.54, 1.807) is 4.57 Å². The number of sulfonamides is 1. The molecule has 2 N–H and O–H groups in total. The summed E-state index contributed by atoms with van der Waals surface area (Å²) in [4.78, 5) is 4.01. The molecule has 8 heteroatoms. The molecule has 0 aliphatic heterocycles. The van der Waals surface area contributed by atoms with Gasteiger partial charge in [-0.15, -0.1) is 0 Å². The van der Waals surface area contributed by atoms with Crippen LogP contribution in [0.4, 0.5) is 8.78 Å². The summed E-state index contributed by atoms with van der Waals surface area (Å²) >= 11 is 0. The lowest BCUT2D eigenvalue weighted by Crippen LogP contribution is -2.14. The number of hydrogen-bond donors (Lipinski definition) is 1. The van der Waals surface area contributed by atoms with Crippen LogP contribution in [0.5, 0.6) is 0 Å². The van der Waals surface area contributed by atoms with Gasteiger partial charge in [-0.05, 0) is 18.8 Å². The lowest BCUT2D eigenvalue weighted by atomic mass is 10.1. The van der Waals surface area contributed by atoms with Crippen molar-refractivity contribution in [3.05, 3.63) is 12.0 Å². The van der Waals surface area contributed by atoms with E-state index < -0.39 is 15.9 Å². The first-order valence-corrected chi connectivity index (χ1v) is 8.22. The van der Waals surface area contributed by atoms with E-state index in [-0.39, 0.29) is 23.8 Å². The molecular weight excluding hydrogens is 288 g/mol. The van der Waals surface area contributed by atoms with Crippen LogP contribution in [0.15, 0.2) is 11.2 Å². The van der Waals surface area contributed by atoms with Crippen LogP contribution in [-0.4, -0.2) is 23.9 Å². The third-order valence-corrected chi connectivity index (χ3v) is 4.34. The van der Waals surface area contributed by atoms with Gasteiger partial charge in [0.2, 0.25) is 5.92 Å². The average Bonchev–Trinajstić information content (AvgIpc) is 2.84. The first-order valence-electron chi connectivity index (χ1n) is 6.68. The summed E-state index contributed by atoms with van der Waals surface area (Å²) < 4.78 is 50.7. The van der Waals surface area contributed by atoms with Crippen LogP contribution < -0.4 is 5.14 Å². The average molecular weight is 307 g/mol. The quantitative estimate of drug-likeness (QED) is 0.902. The SMILES string of the molecule is CCCc1nc(S(N)(=O)=O)cn1CC1CCC(F)(F)C1. The summed E-state index contributed by atoms with van der Waals surface area (Å²) in [6.45, 7) is 2.31. The predicted octanol–water partition coefficient (Wildman–Crippen LogP) is 1.92. The number of primary sulfonamides is 1. The summed E-state index contributed by atoms with van der Waals surface area (Å²) in [5, 5.41) is 4.87. The number of hydrogen-bond acceptors (Lipinski definition) is 3. The van der Waals surface area contributed by atoms with Crippen molar-refractivity contribution in [3.8, 4) is 0 Å². The minimum absolute atomic E-state index is 0.0997. The van der Waals surface area contributed by atoms with Crippen LogP contribution >= 0.6 is 0 Å². The number of nitrogens with zero attached hydrogens (tertiary/aromatic N) is 2.